The largest absolute Gasteiger partial charge is 0.454 e. The van der Waals surface area contributed by atoms with Crippen LogP contribution in [0.1, 0.15) is 5.56 Å². The maximum Gasteiger partial charge on any atom is 0.231 e. The molecule has 1 heterocycles. The van der Waals surface area contributed by atoms with Gasteiger partial charge < -0.3 is 9.47 Å². The Morgan fingerprint density at radius 3 is 2.24 bits per heavy atom. The predicted octanol–water partition coefficient (Wildman–Crippen LogP) is 4.68. The summed E-state index contributed by atoms with van der Waals surface area (Å²) in [6, 6.07) is 14.7. The predicted molar refractivity (Wildman–Crippen MR) is 80.2 cm³/mol. The summed E-state index contributed by atoms with van der Waals surface area (Å²) >= 11 is 0. The Balaban J connectivity index is 2.01. The molecule has 3 aromatic carbocycles. The molecule has 0 bridgehead atoms. The Hall–Kier alpha value is -2.55. The van der Waals surface area contributed by atoms with Gasteiger partial charge in [-0.15, -0.1) is 0 Å². The average Bonchev–Trinajstić information content (AvgIpc) is 2.95. The van der Waals surface area contributed by atoms with Crippen molar-refractivity contribution in [2.24, 2.45) is 0 Å². The summed E-state index contributed by atoms with van der Waals surface area (Å²) in [5, 5.41) is 2.21. The molecule has 0 fully saturated rings. The molecular formula is C18H13FO2. The number of aryl methyl sites for hydroxylation is 1. The Bertz CT molecular complexity index is 838. The minimum absolute atomic E-state index is 0.229. The molecule has 0 saturated heterocycles. The SMILES string of the molecule is Cc1ccc(-c2ccc(F)cc2)c2cc3c(cc12)OCO3. The third-order valence-corrected chi connectivity index (χ3v) is 3.88. The number of fused-ring (bicyclic) bond motifs is 2. The van der Waals surface area contributed by atoms with E-state index in [1.165, 1.54) is 17.7 Å². The number of ether oxygens (including phenoxy) is 2. The molecule has 0 N–H and O–H groups in total. The summed E-state index contributed by atoms with van der Waals surface area (Å²) in [5.74, 6) is 1.31. The van der Waals surface area contributed by atoms with E-state index < -0.39 is 0 Å². The fraction of sp³-hybridized carbons (Fsp3) is 0.111. The van der Waals surface area contributed by atoms with Crippen molar-refractivity contribution in [1.82, 2.24) is 0 Å². The molecule has 0 radical (unpaired) electrons. The van der Waals surface area contributed by atoms with E-state index in [0.29, 0.717) is 0 Å². The van der Waals surface area contributed by atoms with Crippen LogP contribution in [-0.2, 0) is 0 Å². The minimum Gasteiger partial charge on any atom is -0.454 e. The standard InChI is InChI=1S/C18H13FO2/c1-11-2-7-14(12-3-5-13(19)6-4-12)16-9-18-17(8-15(11)16)20-10-21-18/h2-9H,10H2,1H3. The van der Waals surface area contributed by atoms with Crippen LogP contribution in [0.2, 0.25) is 0 Å². The molecule has 0 atom stereocenters. The molecule has 1 aliphatic rings. The number of hydrogen-bond donors (Lipinski definition) is 0. The molecule has 2 nitrogen and oxygen atoms in total. The normalized spacial score (nSPS) is 12.9. The first-order valence-electron chi connectivity index (χ1n) is 6.81. The van der Waals surface area contributed by atoms with Crippen molar-refractivity contribution in [3.05, 3.63) is 59.9 Å². The van der Waals surface area contributed by atoms with Gasteiger partial charge in [0, 0.05) is 0 Å². The first-order valence-corrected chi connectivity index (χ1v) is 6.81. The van der Waals surface area contributed by atoms with Gasteiger partial charge in [0.2, 0.25) is 6.79 Å². The third kappa shape index (κ3) is 1.93. The van der Waals surface area contributed by atoms with Crippen LogP contribution in [-0.4, -0.2) is 6.79 Å². The van der Waals surface area contributed by atoms with Gasteiger partial charge in [-0.3, -0.25) is 0 Å². The molecule has 3 aromatic rings. The van der Waals surface area contributed by atoms with Gasteiger partial charge in [0.15, 0.2) is 11.5 Å². The minimum atomic E-state index is -0.229. The van der Waals surface area contributed by atoms with Crippen LogP contribution >= 0.6 is 0 Å². The maximum absolute atomic E-state index is 13.1. The monoisotopic (exact) mass is 280 g/mol. The molecule has 4 rings (SSSR count). The quantitative estimate of drug-likeness (QED) is 0.644. The second-order valence-corrected chi connectivity index (χ2v) is 5.19. The fourth-order valence-electron chi connectivity index (χ4n) is 2.76. The summed E-state index contributed by atoms with van der Waals surface area (Å²) in [5.41, 5.74) is 3.23. The van der Waals surface area contributed by atoms with E-state index in [1.807, 2.05) is 12.1 Å². The van der Waals surface area contributed by atoms with E-state index in [1.54, 1.807) is 12.1 Å². The van der Waals surface area contributed by atoms with E-state index in [9.17, 15) is 4.39 Å². The number of hydrogen-bond acceptors (Lipinski definition) is 2. The van der Waals surface area contributed by atoms with E-state index in [0.717, 1.165) is 33.4 Å². The molecule has 21 heavy (non-hydrogen) atoms. The summed E-state index contributed by atoms with van der Waals surface area (Å²) in [6.45, 7) is 2.33. The molecule has 0 aliphatic carbocycles. The highest BCUT2D eigenvalue weighted by molar-refractivity contribution is 6.00. The Kier molecular flexibility index (Phi) is 2.61. The summed E-state index contributed by atoms with van der Waals surface area (Å²) in [7, 11) is 0. The lowest BCUT2D eigenvalue weighted by atomic mass is 9.95. The summed E-state index contributed by atoms with van der Waals surface area (Å²) in [6.07, 6.45) is 0. The van der Waals surface area contributed by atoms with Gasteiger partial charge in [0.25, 0.3) is 0 Å². The molecular weight excluding hydrogens is 267 g/mol. The number of benzene rings is 3. The van der Waals surface area contributed by atoms with Crippen molar-refractivity contribution < 1.29 is 13.9 Å². The Morgan fingerprint density at radius 1 is 0.857 bits per heavy atom. The highest BCUT2D eigenvalue weighted by Gasteiger charge is 2.17. The first-order chi connectivity index (χ1) is 10.2. The van der Waals surface area contributed by atoms with E-state index in [-0.39, 0.29) is 12.6 Å². The highest BCUT2D eigenvalue weighted by Crippen LogP contribution is 2.40. The van der Waals surface area contributed by atoms with Gasteiger partial charge in [-0.2, -0.15) is 0 Å². The van der Waals surface area contributed by atoms with E-state index in [2.05, 4.69) is 19.1 Å². The molecule has 3 heteroatoms. The Labute approximate surface area is 121 Å². The number of halogens is 1. The lowest BCUT2D eigenvalue weighted by Crippen LogP contribution is -1.92. The van der Waals surface area contributed by atoms with Gasteiger partial charge >= 0.3 is 0 Å². The van der Waals surface area contributed by atoms with Crippen LogP contribution in [0, 0.1) is 12.7 Å². The fourth-order valence-corrected chi connectivity index (χ4v) is 2.76. The van der Waals surface area contributed by atoms with Crippen LogP contribution < -0.4 is 9.47 Å². The second-order valence-electron chi connectivity index (χ2n) is 5.19. The smallest absolute Gasteiger partial charge is 0.231 e. The Morgan fingerprint density at radius 2 is 1.52 bits per heavy atom. The van der Waals surface area contributed by atoms with Crippen LogP contribution in [0.4, 0.5) is 4.39 Å². The molecule has 0 aromatic heterocycles. The van der Waals surface area contributed by atoms with Crippen LogP contribution in [0.25, 0.3) is 21.9 Å². The lowest BCUT2D eigenvalue weighted by Gasteiger charge is -2.10. The van der Waals surface area contributed by atoms with Crippen molar-refractivity contribution in [3.63, 3.8) is 0 Å². The topological polar surface area (TPSA) is 18.5 Å². The summed E-state index contributed by atoms with van der Waals surface area (Å²) in [4.78, 5) is 0. The van der Waals surface area contributed by atoms with Gasteiger partial charge in [0.1, 0.15) is 5.82 Å². The van der Waals surface area contributed by atoms with Crippen LogP contribution in [0.5, 0.6) is 11.5 Å². The highest BCUT2D eigenvalue weighted by atomic mass is 19.1. The molecule has 104 valence electrons. The summed E-state index contributed by atoms with van der Waals surface area (Å²) < 4.78 is 24.0. The van der Waals surface area contributed by atoms with Crippen molar-refractivity contribution in [2.75, 3.05) is 6.79 Å². The zero-order chi connectivity index (χ0) is 14.4. The maximum atomic E-state index is 13.1. The van der Waals surface area contributed by atoms with Gasteiger partial charge in [-0.1, -0.05) is 24.3 Å². The van der Waals surface area contributed by atoms with Crippen molar-refractivity contribution in [2.45, 2.75) is 6.92 Å². The number of rotatable bonds is 1. The first kappa shape index (κ1) is 12.2. The average molecular weight is 280 g/mol. The van der Waals surface area contributed by atoms with Gasteiger partial charge in [-0.25, -0.2) is 4.39 Å². The van der Waals surface area contributed by atoms with Crippen molar-refractivity contribution in [3.8, 4) is 22.6 Å². The zero-order valence-corrected chi connectivity index (χ0v) is 11.5. The van der Waals surface area contributed by atoms with Crippen LogP contribution in [0.3, 0.4) is 0 Å². The molecule has 0 unspecified atom stereocenters. The lowest BCUT2D eigenvalue weighted by molar-refractivity contribution is 0.174. The zero-order valence-electron chi connectivity index (χ0n) is 11.5. The second kappa shape index (κ2) is 4.48. The van der Waals surface area contributed by atoms with Crippen LogP contribution in [0.15, 0.2) is 48.5 Å². The molecule has 1 aliphatic heterocycles. The van der Waals surface area contributed by atoms with Gasteiger partial charge in [0.05, 0.1) is 0 Å². The van der Waals surface area contributed by atoms with Gasteiger partial charge in [-0.05, 0) is 58.7 Å². The van der Waals surface area contributed by atoms with Crippen molar-refractivity contribution >= 4 is 10.8 Å². The molecule has 0 spiro atoms. The molecule has 0 amide bonds. The van der Waals surface area contributed by atoms with E-state index >= 15 is 0 Å². The van der Waals surface area contributed by atoms with E-state index in [4.69, 9.17) is 9.47 Å². The van der Waals surface area contributed by atoms with Crippen molar-refractivity contribution in [1.29, 1.82) is 0 Å². The third-order valence-electron chi connectivity index (χ3n) is 3.88. The molecule has 0 saturated carbocycles.